The topological polar surface area (TPSA) is 114 Å². The zero-order chi connectivity index (χ0) is 20.0. The lowest BCUT2D eigenvalue weighted by Gasteiger charge is -2.09. The summed E-state index contributed by atoms with van der Waals surface area (Å²) in [5, 5.41) is 22.8. The van der Waals surface area contributed by atoms with Crippen molar-refractivity contribution < 1.29 is 19.2 Å². The average molecular weight is 367 g/mol. The van der Waals surface area contributed by atoms with Crippen molar-refractivity contribution in [1.82, 2.24) is 0 Å². The maximum absolute atomic E-state index is 12.5. The molecule has 1 N–H and O–H groups in total. The van der Waals surface area contributed by atoms with Crippen molar-refractivity contribution in [3.8, 4) is 17.6 Å². The smallest absolute Gasteiger partial charge is 0.269 e. The zero-order valence-electron chi connectivity index (χ0n) is 15.0. The van der Waals surface area contributed by atoms with Crippen molar-refractivity contribution in [2.75, 3.05) is 19.5 Å². The molecular weight excluding hydrogens is 350 g/mol. The number of hydrogen-bond donors (Lipinski definition) is 1. The third-order valence-electron chi connectivity index (χ3n) is 3.77. The Morgan fingerprint density at radius 3 is 2.52 bits per heavy atom. The van der Waals surface area contributed by atoms with Gasteiger partial charge in [-0.3, -0.25) is 14.9 Å². The largest absolute Gasteiger partial charge is 0.497 e. The number of methoxy groups -OCH3 is 2. The van der Waals surface area contributed by atoms with Gasteiger partial charge in [-0.25, -0.2) is 0 Å². The second-order valence-electron chi connectivity index (χ2n) is 5.49. The van der Waals surface area contributed by atoms with E-state index in [4.69, 9.17) is 9.47 Å². The van der Waals surface area contributed by atoms with Crippen molar-refractivity contribution in [1.29, 1.82) is 5.26 Å². The Morgan fingerprint density at radius 1 is 1.22 bits per heavy atom. The first kappa shape index (κ1) is 19.5. The van der Waals surface area contributed by atoms with Crippen LogP contribution in [0.15, 0.2) is 42.0 Å². The highest BCUT2D eigenvalue weighted by Crippen LogP contribution is 2.27. The fourth-order valence-electron chi connectivity index (χ4n) is 2.35. The van der Waals surface area contributed by atoms with Crippen LogP contribution < -0.4 is 14.8 Å². The summed E-state index contributed by atoms with van der Waals surface area (Å²) in [5.41, 5.74) is 1.16. The van der Waals surface area contributed by atoms with E-state index >= 15 is 0 Å². The Hall–Kier alpha value is -3.86. The Balaban J connectivity index is 2.33. The minimum Gasteiger partial charge on any atom is -0.497 e. The SMILES string of the molecule is COc1ccc(OC)c(/C=C(/C#N)C(=O)Nc2ccc([N+](=O)[O-])cc2C)c1. The van der Waals surface area contributed by atoms with E-state index in [0.717, 1.165) is 0 Å². The molecule has 0 atom stereocenters. The Morgan fingerprint density at radius 2 is 1.96 bits per heavy atom. The van der Waals surface area contributed by atoms with E-state index in [2.05, 4.69) is 5.32 Å². The number of amides is 1. The molecule has 0 spiro atoms. The number of nitrogens with one attached hydrogen (secondary N) is 1. The van der Waals surface area contributed by atoms with Crippen LogP contribution in [0.2, 0.25) is 0 Å². The van der Waals surface area contributed by atoms with Crippen molar-refractivity contribution in [3.05, 3.63) is 63.2 Å². The molecule has 27 heavy (non-hydrogen) atoms. The monoisotopic (exact) mass is 367 g/mol. The molecule has 2 aromatic rings. The van der Waals surface area contributed by atoms with Crippen molar-refractivity contribution >= 4 is 23.4 Å². The molecular formula is C19H17N3O5. The van der Waals surface area contributed by atoms with E-state index < -0.39 is 10.8 Å². The van der Waals surface area contributed by atoms with E-state index in [1.165, 1.54) is 38.5 Å². The van der Waals surface area contributed by atoms with Gasteiger partial charge in [0.1, 0.15) is 23.1 Å². The van der Waals surface area contributed by atoms with Gasteiger partial charge in [-0.05, 0) is 42.8 Å². The Kier molecular flexibility index (Phi) is 6.12. The van der Waals surface area contributed by atoms with E-state index in [0.29, 0.717) is 28.3 Å². The van der Waals surface area contributed by atoms with Crippen molar-refractivity contribution in [2.24, 2.45) is 0 Å². The summed E-state index contributed by atoms with van der Waals surface area (Å²) in [4.78, 5) is 22.7. The summed E-state index contributed by atoms with van der Waals surface area (Å²) >= 11 is 0. The molecule has 0 radical (unpaired) electrons. The van der Waals surface area contributed by atoms with Gasteiger partial charge in [0.2, 0.25) is 0 Å². The molecule has 0 aliphatic heterocycles. The van der Waals surface area contributed by atoms with E-state index in [1.807, 2.05) is 6.07 Å². The van der Waals surface area contributed by atoms with Crippen LogP contribution in [0.5, 0.6) is 11.5 Å². The van der Waals surface area contributed by atoms with Crippen LogP contribution in [0.1, 0.15) is 11.1 Å². The summed E-state index contributed by atoms with van der Waals surface area (Å²) in [6, 6.07) is 10.9. The molecule has 0 bridgehead atoms. The van der Waals surface area contributed by atoms with Gasteiger partial charge >= 0.3 is 0 Å². The number of carbonyl (C=O) groups excluding carboxylic acids is 1. The molecule has 0 heterocycles. The normalized spacial score (nSPS) is 10.7. The first-order chi connectivity index (χ1) is 12.9. The zero-order valence-corrected chi connectivity index (χ0v) is 15.0. The molecule has 2 aromatic carbocycles. The average Bonchev–Trinajstić information content (AvgIpc) is 2.67. The van der Waals surface area contributed by atoms with Gasteiger partial charge in [0.05, 0.1) is 19.1 Å². The van der Waals surface area contributed by atoms with Crippen LogP contribution in [-0.2, 0) is 4.79 Å². The molecule has 0 aliphatic carbocycles. The third kappa shape index (κ3) is 4.61. The number of rotatable bonds is 6. The highest BCUT2D eigenvalue weighted by atomic mass is 16.6. The second kappa shape index (κ2) is 8.49. The lowest BCUT2D eigenvalue weighted by Crippen LogP contribution is -2.14. The number of non-ortho nitro benzene ring substituents is 1. The minimum atomic E-state index is -0.640. The molecule has 0 aliphatic rings. The lowest BCUT2D eigenvalue weighted by molar-refractivity contribution is -0.384. The van der Waals surface area contributed by atoms with Crippen LogP contribution in [0.25, 0.3) is 6.08 Å². The van der Waals surface area contributed by atoms with Gasteiger partial charge in [-0.2, -0.15) is 5.26 Å². The first-order valence-corrected chi connectivity index (χ1v) is 7.79. The predicted octanol–water partition coefficient (Wildman–Crippen LogP) is 3.47. The summed E-state index contributed by atoms with van der Waals surface area (Å²) in [5.74, 6) is 0.383. The first-order valence-electron chi connectivity index (χ1n) is 7.79. The summed E-state index contributed by atoms with van der Waals surface area (Å²) in [6.45, 7) is 1.63. The number of anilines is 1. The molecule has 2 rings (SSSR count). The van der Waals surface area contributed by atoms with Crippen molar-refractivity contribution in [3.63, 3.8) is 0 Å². The number of nitriles is 1. The summed E-state index contributed by atoms with van der Waals surface area (Å²) in [6.07, 6.45) is 1.39. The Bertz CT molecular complexity index is 960. The van der Waals surface area contributed by atoms with Gasteiger partial charge < -0.3 is 14.8 Å². The van der Waals surface area contributed by atoms with E-state index in [-0.39, 0.29) is 11.3 Å². The van der Waals surface area contributed by atoms with Crippen LogP contribution in [0, 0.1) is 28.4 Å². The number of nitro groups is 1. The van der Waals surface area contributed by atoms with Gasteiger partial charge in [0.25, 0.3) is 11.6 Å². The molecule has 8 nitrogen and oxygen atoms in total. The lowest BCUT2D eigenvalue weighted by atomic mass is 10.1. The number of hydrogen-bond acceptors (Lipinski definition) is 6. The van der Waals surface area contributed by atoms with Gasteiger partial charge in [0, 0.05) is 23.4 Å². The maximum atomic E-state index is 12.5. The van der Waals surface area contributed by atoms with Crippen LogP contribution in [-0.4, -0.2) is 25.1 Å². The number of ether oxygens (including phenoxy) is 2. The number of aryl methyl sites for hydroxylation is 1. The Labute approximate surface area is 155 Å². The molecule has 0 aromatic heterocycles. The van der Waals surface area contributed by atoms with Crippen LogP contribution in [0.3, 0.4) is 0 Å². The third-order valence-corrected chi connectivity index (χ3v) is 3.77. The fraction of sp³-hybridized carbons (Fsp3) is 0.158. The highest BCUT2D eigenvalue weighted by molar-refractivity contribution is 6.10. The molecule has 1 amide bonds. The summed E-state index contributed by atoms with van der Waals surface area (Å²) in [7, 11) is 2.98. The molecule has 138 valence electrons. The van der Waals surface area contributed by atoms with E-state index in [1.54, 1.807) is 25.1 Å². The van der Waals surface area contributed by atoms with E-state index in [9.17, 15) is 20.2 Å². The molecule has 0 saturated heterocycles. The quantitative estimate of drug-likeness (QED) is 0.362. The predicted molar refractivity (Wildman–Crippen MR) is 99.6 cm³/mol. The van der Waals surface area contributed by atoms with Gasteiger partial charge in [0.15, 0.2) is 0 Å². The maximum Gasteiger partial charge on any atom is 0.269 e. The highest BCUT2D eigenvalue weighted by Gasteiger charge is 2.14. The number of nitrogens with zero attached hydrogens (tertiary/aromatic N) is 2. The number of nitro benzene ring substituents is 1. The minimum absolute atomic E-state index is 0.0809. The van der Waals surface area contributed by atoms with Crippen LogP contribution >= 0.6 is 0 Å². The van der Waals surface area contributed by atoms with Gasteiger partial charge in [-0.1, -0.05) is 0 Å². The summed E-state index contributed by atoms with van der Waals surface area (Å²) < 4.78 is 10.4. The number of carbonyl (C=O) groups is 1. The molecule has 8 heteroatoms. The number of benzene rings is 2. The molecule has 0 unspecified atom stereocenters. The van der Waals surface area contributed by atoms with Crippen molar-refractivity contribution in [2.45, 2.75) is 6.92 Å². The molecule has 0 fully saturated rings. The fourth-order valence-corrected chi connectivity index (χ4v) is 2.35. The van der Waals surface area contributed by atoms with Gasteiger partial charge in [-0.15, -0.1) is 0 Å². The molecule has 0 saturated carbocycles. The standard InChI is InChI=1S/C19H17N3O5/c1-12-8-15(22(24)25)4-6-17(12)21-19(23)14(11-20)9-13-10-16(26-2)5-7-18(13)27-3/h4-10H,1-3H3,(H,21,23)/b14-9-. The second-order valence-corrected chi connectivity index (χ2v) is 5.49. The van der Waals surface area contributed by atoms with Crippen LogP contribution in [0.4, 0.5) is 11.4 Å².